The average molecular weight is 319 g/mol. The van der Waals surface area contributed by atoms with Gasteiger partial charge in [0, 0.05) is 24.5 Å². The van der Waals surface area contributed by atoms with Gasteiger partial charge in [-0.1, -0.05) is 24.3 Å². The van der Waals surface area contributed by atoms with Crippen molar-refractivity contribution in [2.45, 2.75) is 11.6 Å². The van der Waals surface area contributed by atoms with Crippen LogP contribution in [0, 0.1) is 0 Å². The maximum Gasteiger partial charge on any atom is 0.0701 e. The van der Waals surface area contributed by atoms with E-state index < -0.39 is 0 Å². The van der Waals surface area contributed by atoms with Gasteiger partial charge in [0.25, 0.3) is 0 Å². The van der Waals surface area contributed by atoms with E-state index in [-0.39, 0.29) is 0 Å². The van der Waals surface area contributed by atoms with Crippen molar-refractivity contribution in [3.05, 3.63) is 35.4 Å². The molecule has 0 aliphatic rings. The van der Waals surface area contributed by atoms with Crippen LogP contribution in [0.4, 0.5) is 0 Å². The number of methoxy groups -OCH3 is 1. The van der Waals surface area contributed by atoms with Gasteiger partial charge in [0.15, 0.2) is 0 Å². The van der Waals surface area contributed by atoms with Gasteiger partial charge in [-0.15, -0.1) is 11.6 Å². The molecule has 1 aromatic carbocycles. The third-order valence-electron chi connectivity index (χ3n) is 2.62. The third kappa shape index (κ3) is 8.82. The molecule has 0 saturated heterocycles. The predicted octanol–water partition coefficient (Wildman–Crippen LogP) is 3.34. The van der Waals surface area contributed by atoms with Gasteiger partial charge in [0.2, 0.25) is 0 Å². The second-order valence-corrected chi connectivity index (χ2v) is 5.59. The highest BCUT2D eigenvalue weighted by molar-refractivity contribution is 7.98. The molecule has 0 spiro atoms. The van der Waals surface area contributed by atoms with Crippen LogP contribution in [0.5, 0.6) is 0 Å². The normalized spacial score (nSPS) is 10.9. The Hall–Kier alpha value is -0.260. The van der Waals surface area contributed by atoms with Gasteiger partial charge < -0.3 is 14.2 Å². The highest BCUT2D eigenvalue weighted by Crippen LogP contribution is 2.13. The number of alkyl halides is 1. The van der Waals surface area contributed by atoms with E-state index in [0.29, 0.717) is 32.3 Å². The van der Waals surface area contributed by atoms with Crippen LogP contribution in [0.25, 0.3) is 0 Å². The number of hydrogen-bond acceptors (Lipinski definition) is 4. The van der Waals surface area contributed by atoms with E-state index in [9.17, 15) is 0 Å². The predicted molar refractivity (Wildman–Crippen MR) is 85.7 cm³/mol. The summed E-state index contributed by atoms with van der Waals surface area (Å²) in [7, 11) is 1.67. The summed E-state index contributed by atoms with van der Waals surface area (Å²) in [5.41, 5.74) is 2.49. The van der Waals surface area contributed by atoms with E-state index in [0.717, 1.165) is 23.7 Å². The molecule has 1 rings (SSSR count). The first-order valence-corrected chi connectivity index (χ1v) is 8.41. The van der Waals surface area contributed by atoms with E-state index in [1.165, 1.54) is 5.56 Å². The summed E-state index contributed by atoms with van der Waals surface area (Å²) in [5.74, 6) is 2.58. The molecule has 3 nitrogen and oxygen atoms in total. The summed E-state index contributed by atoms with van der Waals surface area (Å²) >= 11 is 7.63. The van der Waals surface area contributed by atoms with Crippen LogP contribution in [-0.2, 0) is 25.8 Å². The lowest BCUT2D eigenvalue weighted by molar-refractivity contribution is 0.0286. The summed E-state index contributed by atoms with van der Waals surface area (Å²) in [5, 5.41) is 0. The van der Waals surface area contributed by atoms with Gasteiger partial charge in [-0.3, -0.25) is 0 Å². The van der Waals surface area contributed by atoms with E-state index in [4.69, 9.17) is 25.8 Å². The van der Waals surface area contributed by atoms with Crippen LogP contribution >= 0.6 is 23.4 Å². The number of thioether (sulfide) groups is 1. The number of hydrogen-bond donors (Lipinski definition) is 0. The lowest BCUT2D eigenvalue weighted by atomic mass is 10.2. The van der Waals surface area contributed by atoms with Crippen molar-refractivity contribution in [2.75, 3.05) is 45.9 Å². The maximum absolute atomic E-state index is 5.76. The Balaban J connectivity index is 1.91. The highest BCUT2D eigenvalue weighted by atomic mass is 35.5. The van der Waals surface area contributed by atoms with Gasteiger partial charge in [0.1, 0.15) is 0 Å². The maximum atomic E-state index is 5.76. The molecule has 20 heavy (non-hydrogen) atoms. The fourth-order valence-electron chi connectivity index (χ4n) is 1.50. The molecule has 0 saturated carbocycles. The minimum Gasteiger partial charge on any atom is -0.382 e. The van der Waals surface area contributed by atoms with Crippen LogP contribution < -0.4 is 0 Å². The zero-order valence-electron chi connectivity index (χ0n) is 12.0. The lowest BCUT2D eigenvalue weighted by Gasteiger charge is -2.06. The van der Waals surface area contributed by atoms with Crippen LogP contribution in [0.3, 0.4) is 0 Å². The van der Waals surface area contributed by atoms with Gasteiger partial charge in [-0.05, 0) is 11.1 Å². The quantitative estimate of drug-likeness (QED) is 0.436. The first-order chi connectivity index (χ1) is 9.86. The average Bonchev–Trinajstić information content (AvgIpc) is 2.50. The standard InChI is InChI=1S/C15H23ClO3S/c1-17-6-7-18-8-9-19-10-11-20-13-15-4-2-14(12-16)3-5-15/h2-5H,6-13H2,1H3. The molecule has 0 atom stereocenters. The molecule has 5 heteroatoms. The second-order valence-electron chi connectivity index (χ2n) is 4.22. The van der Waals surface area contributed by atoms with Crippen LogP contribution in [0.1, 0.15) is 11.1 Å². The second kappa shape index (κ2) is 12.5. The molecule has 0 heterocycles. The Morgan fingerprint density at radius 3 is 2.15 bits per heavy atom. The summed E-state index contributed by atoms with van der Waals surface area (Å²) < 4.78 is 15.7. The van der Waals surface area contributed by atoms with Gasteiger partial charge in [-0.25, -0.2) is 0 Å². The van der Waals surface area contributed by atoms with Gasteiger partial charge in [0.05, 0.1) is 33.0 Å². The van der Waals surface area contributed by atoms with Crippen molar-refractivity contribution in [1.29, 1.82) is 0 Å². The van der Waals surface area contributed by atoms with Gasteiger partial charge >= 0.3 is 0 Å². The number of halogens is 1. The Bertz CT molecular complexity index is 332. The molecule has 0 aliphatic carbocycles. The summed E-state index contributed by atoms with van der Waals surface area (Å²) in [6.45, 7) is 3.31. The molecule has 1 aromatic rings. The number of benzene rings is 1. The Labute approximate surface area is 130 Å². The van der Waals surface area contributed by atoms with Crippen LogP contribution in [0.15, 0.2) is 24.3 Å². The Morgan fingerprint density at radius 2 is 1.50 bits per heavy atom. The summed E-state index contributed by atoms with van der Waals surface area (Å²) in [4.78, 5) is 0. The van der Waals surface area contributed by atoms with Crippen molar-refractivity contribution in [3.8, 4) is 0 Å². The smallest absolute Gasteiger partial charge is 0.0701 e. The lowest BCUT2D eigenvalue weighted by Crippen LogP contribution is -2.09. The molecular formula is C15H23ClO3S. The zero-order valence-corrected chi connectivity index (χ0v) is 13.5. The molecule has 114 valence electrons. The molecule has 0 bridgehead atoms. The number of rotatable bonds is 12. The molecule has 0 aliphatic heterocycles. The first-order valence-electron chi connectivity index (χ1n) is 6.72. The van der Waals surface area contributed by atoms with Crippen LogP contribution in [0.2, 0.25) is 0 Å². The van der Waals surface area contributed by atoms with Crippen molar-refractivity contribution >= 4 is 23.4 Å². The van der Waals surface area contributed by atoms with Crippen molar-refractivity contribution in [3.63, 3.8) is 0 Å². The molecule has 0 unspecified atom stereocenters. The minimum atomic E-state index is 0.577. The first kappa shape index (κ1) is 17.8. The van der Waals surface area contributed by atoms with E-state index in [1.54, 1.807) is 7.11 Å². The summed E-state index contributed by atoms with van der Waals surface area (Å²) in [6, 6.07) is 8.43. The number of ether oxygens (including phenoxy) is 3. The molecule has 0 amide bonds. The monoisotopic (exact) mass is 318 g/mol. The van der Waals surface area contributed by atoms with Crippen LogP contribution in [-0.4, -0.2) is 45.9 Å². The molecule has 0 fully saturated rings. The van der Waals surface area contributed by atoms with E-state index >= 15 is 0 Å². The summed E-state index contributed by atoms with van der Waals surface area (Å²) in [6.07, 6.45) is 0. The Kier molecular flexibility index (Phi) is 11.1. The topological polar surface area (TPSA) is 27.7 Å². The SMILES string of the molecule is COCCOCCOCCSCc1ccc(CCl)cc1. The highest BCUT2D eigenvalue weighted by Gasteiger charge is 1.96. The minimum absolute atomic E-state index is 0.577. The fourth-order valence-corrected chi connectivity index (χ4v) is 2.48. The Morgan fingerprint density at radius 1 is 0.900 bits per heavy atom. The van der Waals surface area contributed by atoms with Gasteiger partial charge in [-0.2, -0.15) is 11.8 Å². The third-order valence-corrected chi connectivity index (χ3v) is 3.92. The van der Waals surface area contributed by atoms with Crippen molar-refractivity contribution in [1.82, 2.24) is 0 Å². The van der Waals surface area contributed by atoms with E-state index in [2.05, 4.69) is 24.3 Å². The molecular weight excluding hydrogens is 296 g/mol. The fraction of sp³-hybridized carbons (Fsp3) is 0.600. The zero-order chi connectivity index (χ0) is 14.5. The molecule has 0 aromatic heterocycles. The van der Waals surface area contributed by atoms with Crippen molar-refractivity contribution < 1.29 is 14.2 Å². The van der Waals surface area contributed by atoms with E-state index in [1.807, 2.05) is 11.8 Å². The molecule has 0 radical (unpaired) electrons. The molecule has 0 N–H and O–H groups in total. The largest absolute Gasteiger partial charge is 0.382 e. The van der Waals surface area contributed by atoms with Crippen molar-refractivity contribution in [2.24, 2.45) is 0 Å².